The molecule has 23 heavy (non-hydrogen) atoms. The SMILES string of the molecule is CN(CC(=O)NC(CN)C1CC1)S(=O)(=O)c1ccc(Cl)cc1.Cl. The molecule has 130 valence electrons. The molecule has 1 saturated carbocycles. The third-order valence-electron chi connectivity index (χ3n) is 3.68. The van der Waals surface area contributed by atoms with Crippen molar-refractivity contribution in [3.63, 3.8) is 0 Å². The molecule has 1 unspecified atom stereocenters. The third-order valence-corrected chi connectivity index (χ3v) is 5.75. The summed E-state index contributed by atoms with van der Waals surface area (Å²) in [5.74, 6) is 0.0783. The van der Waals surface area contributed by atoms with Crippen LogP contribution in [-0.2, 0) is 14.8 Å². The van der Waals surface area contributed by atoms with Crippen LogP contribution in [0.2, 0.25) is 5.02 Å². The van der Waals surface area contributed by atoms with Crippen LogP contribution in [0.4, 0.5) is 0 Å². The quantitative estimate of drug-likeness (QED) is 0.742. The van der Waals surface area contributed by atoms with Crippen molar-refractivity contribution in [2.24, 2.45) is 11.7 Å². The van der Waals surface area contributed by atoms with Crippen molar-refractivity contribution in [1.82, 2.24) is 9.62 Å². The normalized spacial score (nSPS) is 15.8. The number of carbonyl (C=O) groups is 1. The molecule has 6 nitrogen and oxygen atoms in total. The largest absolute Gasteiger partial charge is 0.351 e. The molecule has 0 spiro atoms. The van der Waals surface area contributed by atoms with E-state index in [1.165, 1.54) is 31.3 Å². The van der Waals surface area contributed by atoms with Gasteiger partial charge in [0.25, 0.3) is 0 Å². The minimum Gasteiger partial charge on any atom is -0.351 e. The zero-order chi connectivity index (χ0) is 16.3. The molecular weight excluding hydrogens is 361 g/mol. The number of amides is 1. The fourth-order valence-electron chi connectivity index (χ4n) is 2.19. The van der Waals surface area contributed by atoms with Gasteiger partial charge in [-0.3, -0.25) is 4.79 Å². The first kappa shape index (κ1) is 20.2. The van der Waals surface area contributed by atoms with E-state index in [4.69, 9.17) is 17.3 Å². The lowest BCUT2D eigenvalue weighted by Crippen LogP contribution is -2.46. The van der Waals surface area contributed by atoms with Crippen molar-refractivity contribution in [3.8, 4) is 0 Å². The van der Waals surface area contributed by atoms with Crippen LogP contribution < -0.4 is 11.1 Å². The Balaban J connectivity index is 0.00000264. The molecule has 9 heteroatoms. The highest BCUT2D eigenvalue weighted by molar-refractivity contribution is 7.89. The molecule has 0 radical (unpaired) electrons. The van der Waals surface area contributed by atoms with E-state index in [9.17, 15) is 13.2 Å². The van der Waals surface area contributed by atoms with Crippen molar-refractivity contribution in [2.75, 3.05) is 20.1 Å². The molecule has 1 aliphatic rings. The number of benzene rings is 1. The van der Waals surface area contributed by atoms with Crippen LogP contribution in [0.15, 0.2) is 29.2 Å². The van der Waals surface area contributed by atoms with Crippen LogP contribution in [0, 0.1) is 5.92 Å². The van der Waals surface area contributed by atoms with E-state index >= 15 is 0 Å². The second-order valence-corrected chi connectivity index (χ2v) is 7.94. The summed E-state index contributed by atoms with van der Waals surface area (Å²) in [6.07, 6.45) is 2.11. The molecule has 0 bridgehead atoms. The molecular formula is C14H21Cl2N3O3S. The molecule has 3 N–H and O–H groups in total. The predicted octanol–water partition coefficient (Wildman–Crippen LogP) is 1.24. The van der Waals surface area contributed by atoms with Gasteiger partial charge in [0.2, 0.25) is 15.9 Å². The van der Waals surface area contributed by atoms with Crippen molar-refractivity contribution >= 4 is 39.9 Å². The summed E-state index contributed by atoms with van der Waals surface area (Å²) in [5.41, 5.74) is 5.62. The van der Waals surface area contributed by atoms with Crippen LogP contribution >= 0.6 is 24.0 Å². The number of halogens is 2. The monoisotopic (exact) mass is 381 g/mol. The summed E-state index contributed by atoms with van der Waals surface area (Å²) in [6, 6.07) is 5.76. The fourth-order valence-corrected chi connectivity index (χ4v) is 3.45. The molecule has 0 heterocycles. The number of carbonyl (C=O) groups excluding carboxylic acids is 1. The molecule has 0 aromatic heterocycles. The second kappa shape index (κ2) is 8.30. The Bertz CT molecular complexity index is 633. The number of nitrogens with zero attached hydrogens (tertiary/aromatic N) is 1. The average Bonchev–Trinajstić information content (AvgIpc) is 3.29. The average molecular weight is 382 g/mol. The highest BCUT2D eigenvalue weighted by Gasteiger charge is 2.32. The van der Waals surface area contributed by atoms with E-state index in [2.05, 4.69) is 5.32 Å². The molecule has 1 aromatic carbocycles. The van der Waals surface area contributed by atoms with Crippen LogP contribution in [0.1, 0.15) is 12.8 Å². The number of sulfonamides is 1. The van der Waals surface area contributed by atoms with E-state index in [0.29, 0.717) is 17.5 Å². The highest BCUT2D eigenvalue weighted by Crippen LogP contribution is 2.32. The molecule has 0 aliphatic heterocycles. The zero-order valence-corrected chi connectivity index (χ0v) is 15.1. The summed E-state index contributed by atoms with van der Waals surface area (Å²) in [6.45, 7) is 0.123. The maximum Gasteiger partial charge on any atom is 0.243 e. The van der Waals surface area contributed by atoms with Gasteiger partial charge in [-0.25, -0.2) is 8.42 Å². The Morgan fingerprint density at radius 3 is 2.43 bits per heavy atom. The Hall–Kier alpha value is -0.860. The van der Waals surface area contributed by atoms with Gasteiger partial charge in [-0.15, -0.1) is 12.4 Å². The number of nitrogens with one attached hydrogen (secondary N) is 1. The number of nitrogens with two attached hydrogens (primary N) is 1. The lowest BCUT2D eigenvalue weighted by Gasteiger charge is -2.20. The number of likely N-dealkylation sites (N-methyl/N-ethyl adjacent to an activating group) is 1. The first-order valence-electron chi connectivity index (χ1n) is 7.06. The maximum atomic E-state index is 12.4. The molecule has 1 atom stereocenters. The fraction of sp³-hybridized carbons (Fsp3) is 0.500. The van der Waals surface area contributed by atoms with Crippen LogP contribution in [0.5, 0.6) is 0 Å². The van der Waals surface area contributed by atoms with Crippen LogP contribution in [-0.4, -0.2) is 44.8 Å². The molecule has 1 amide bonds. The summed E-state index contributed by atoms with van der Waals surface area (Å²) >= 11 is 5.75. The van der Waals surface area contributed by atoms with E-state index in [0.717, 1.165) is 17.1 Å². The molecule has 1 aliphatic carbocycles. The maximum absolute atomic E-state index is 12.4. The predicted molar refractivity (Wildman–Crippen MR) is 92.2 cm³/mol. The van der Waals surface area contributed by atoms with Gasteiger partial charge < -0.3 is 11.1 Å². The Morgan fingerprint density at radius 1 is 1.39 bits per heavy atom. The summed E-state index contributed by atoms with van der Waals surface area (Å²) in [4.78, 5) is 12.1. The highest BCUT2D eigenvalue weighted by atomic mass is 35.5. The van der Waals surface area contributed by atoms with Crippen LogP contribution in [0.25, 0.3) is 0 Å². The first-order chi connectivity index (χ1) is 10.3. The van der Waals surface area contributed by atoms with Gasteiger partial charge in [-0.05, 0) is 43.0 Å². The van der Waals surface area contributed by atoms with Crippen molar-refractivity contribution in [1.29, 1.82) is 0 Å². The van der Waals surface area contributed by atoms with E-state index in [1.807, 2.05) is 0 Å². The Kier molecular flexibility index (Phi) is 7.29. The minimum atomic E-state index is -3.72. The van der Waals surface area contributed by atoms with Crippen molar-refractivity contribution in [2.45, 2.75) is 23.8 Å². The molecule has 1 fully saturated rings. The first-order valence-corrected chi connectivity index (χ1v) is 8.87. The molecule has 2 rings (SSSR count). The minimum absolute atomic E-state index is 0. The van der Waals surface area contributed by atoms with Gasteiger partial charge in [-0.2, -0.15) is 4.31 Å². The van der Waals surface area contributed by atoms with Gasteiger partial charge in [0, 0.05) is 24.7 Å². The lowest BCUT2D eigenvalue weighted by atomic mass is 10.2. The van der Waals surface area contributed by atoms with Gasteiger partial charge in [0.15, 0.2) is 0 Å². The van der Waals surface area contributed by atoms with Gasteiger partial charge in [-0.1, -0.05) is 11.6 Å². The number of hydrogen-bond donors (Lipinski definition) is 2. The standard InChI is InChI=1S/C14H20ClN3O3S.ClH/c1-18(9-14(19)17-13(8-16)10-2-3-10)22(20,21)12-6-4-11(15)5-7-12;/h4-7,10,13H,2-3,8-9,16H2,1H3,(H,17,19);1H. The summed E-state index contributed by atoms with van der Waals surface area (Å²) < 4.78 is 25.7. The summed E-state index contributed by atoms with van der Waals surface area (Å²) in [7, 11) is -2.34. The number of hydrogen-bond acceptors (Lipinski definition) is 4. The topological polar surface area (TPSA) is 92.5 Å². The van der Waals surface area contributed by atoms with E-state index < -0.39 is 10.0 Å². The second-order valence-electron chi connectivity index (χ2n) is 5.46. The van der Waals surface area contributed by atoms with Gasteiger partial charge in [0.1, 0.15) is 0 Å². The van der Waals surface area contributed by atoms with Crippen molar-refractivity contribution < 1.29 is 13.2 Å². The lowest BCUT2D eigenvalue weighted by molar-refractivity contribution is -0.121. The Morgan fingerprint density at radius 2 is 1.96 bits per heavy atom. The number of rotatable bonds is 7. The van der Waals surface area contributed by atoms with Crippen LogP contribution in [0.3, 0.4) is 0 Å². The van der Waals surface area contributed by atoms with E-state index in [-0.39, 0.29) is 35.8 Å². The third kappa shape index (κ3) is 5.32. The molecule has 0 saturated heterocycles. The zero-order valence-electron chi connectivity index (χ0n) is 12.7. The summed E-state index contributed by atoms with van der Waals surface area (Å²) in [5, 5.41) is 3.25. The smallest absolute Gasteiger partial charge is 0.243 e. The van der Waals surface area contributed by atoms with E-state index in [1.54, 1.807) is 0 Å². The van der Waals surface area contributed by atoms with Crippen molar-refractivity contribution in [3.05, 3.63) is 29.3 Å². The Labute approximate surface area is 147 Å². The van der Waals surface area contributed by atoms with Gasteiger partial charge in [0.05, 0.1) is 11.4 Å². The molecule has 1 aromatic rings. The van der Waals surface area contributed by atoms with Gasteiger partial charge >= 0.3 is 0 Å².